The summed E-state index contributed by atoms with van der Waals surface area (Å²) in [5, 5.41) is 2.72. The number of rotatable bonds is 5. The van der Waals surface area contributed by atoms with Crippen LogP contribution in [0.1, 0.15) is 5.56 Å². The number of carbonyl (C=O) groups excluding carboxylic acids is 1. The molecule has 0 atom stereocenters. The van der Waals surface area contributed by atoms with Crippen LogP contribution in [0, 0.1) is 0 Å². The number of urea groups is 1. The minimum Gasteiger partial charge on any atom is -0.497 e. The van der Waals surface area contributed by atoms with Gasteiger partial charge in [0.1, 0.15) is 5.75 Å². The molecular weight excluding hydrogens is 216 g/mol. The van der Waals surface area contributed by atoms with Gasteiger partial charge in [-0.05, 0) is 17.7 Å². The first kappa shape index (κ1) is 13.1. The number of methoxy groups -OCH3 is 1. The van der Waals surface area contributed by atoms with Crippen molar-refractivity contribution in [2.24, 2.45) is 0 Å². The van der Waals surface area contributed by atoms with E-state index in [9.17, 15) is 4.79 Å². The quantitative estimate of drug-likeness (QED) is 0.792. The molecule has 0 heterocycles. The van der Waals surface area contributed by atoms with Gasteiger partial charge in [0, 0.05) is 20.1 Å². The van der Waals surface area contributed by atoms with Crippen LogP contribution in [0.25, 0.3) is 0 Å². The summed E-state index contributed by atoms with van der Waals surface area (Å²) in [7, 11) is 3.37. The highest BCUT2D eigenvalue weighted by Gasteiger charge is 2.07. The summed E-state index contributed by atoms with van der Waals surface area (Å²) in [6.07, 6.45) is 1.65. The number of benzene rings is 1. The molecule has 0 spiro atoms. The first-order valence-corrected chi connectivity index (χ1v) is 5.40. The van der Waals surface area contributed by atoms with Crippen LogP contribution in [0.4, 0.5) is 4.79 Å². The predicted molar refractivity (Wildman–Crippen MR) is 68.1 cm³/mol. The normalized spacial score (nSPS) is 9.53. The van der Waals surface area contributed by atoms with E-state index in [1.165, 1.54) is 0 Å². The van der Waals surface area contributed by atoms with Crippen LogP contribution in [-0.2, 0) is 6.54 Å². The summed E-state index contributed by atoms with van der Waals surface area (Å²) in [4.78, 5) is 13.2. The minimum absolute atomic E-state index is 0.118. The van der Waals surface area contributed by atoms with E-state index in [0.717, 1.165) is 11.3 Å². The Bertz CT molecular complexity index is 391. The summed E-state index contributed by atoms with van der Waals surface area (Å²) in [6, 6.07) is 7.54. The molecule has 0 unspecified atom stereocenters. The Morgan fingerprint density at radius 2 is 2.35 bits per heavy atom. The van der Waals surface area contributed by atoms with Crippen LogP contribution < -0.4 is 10.1 Å². The maximum atomic E-state index is 11.6. The van der Waals surface area contributed by atoms with Crippen molar-refractivity contribution < 1.29 is 9.53 Å². The molecule has 0 saturated carbocycles. The zero-order valence-electron chi connectivity index (χ0n) is 10.3. The lowest BCUT2D eigenvalue weighted by atomic mass is 10.2. The van der Waals surface area contributed by atoms with Crippen molar-refractivity contribution in [1.82, 2.24) is 10.2 Å². The fourth-order valence-electron chi connectivity index (χ4n) is 1.41. The molecular formula is C13H18N2O2. The first-order valence-electron chi connectivity index (χ1n) is 5.40. The molecule has 0 radical (unpaired) electrons. The molecule has 0 fully saturated rings. The van der Waals surface area contributed by atoms with Crippen molar-refractivity contribution in [2.45, 2.75) is 6.54 Å². The third kappa shape index (κ3) is 4.18. The number of amides is 2. The molecule has 17 heavy (non-hydrogen) atoms. The number of nitrogens with zero attached hydrogens (tertiary/aromatic N) is 1. The standard InChI is InChI=1S/C13H18N2O2/c1-4-8-14-13(16)15(2)10-11-6-5-7-12(9-11)17-3/h4-7,9H,1,8,10H2,2-3H3,(H,14,16). The van der Waals surface area contributed by atoms with Gasteiger partial charge in [0.2, 0.25) is 0 Å². The van der Waals surface area contributed by atoms with Crippen molar-refractivity contribution >= 4 is 6.03 Å². The van der Waals surface area contributed by atoms with Crippen molar-refractivity contribution in [2.75, 3.05) is 20.7 Å². The maximum absolute atomic E-state index is 11.6. The fraction of sp³-hybridized carbons (Fsp3) is 0.308. The van der Waals surface area contributed by atoms with E-state index >= 15 is 0 Å². The van der Waals surface area contributed by atoms with Gasteiger partial charge in [0.15, 0.2) is 0 Å². The van der Waals surface area contributed by atoms with Crippen LogP contribution in [0.2, 0.25) is 0 Å². The molecule has 0 saturated heterocycles. The van der Waals surface area contributed by atoms with Crippen LogP contribution in [0.3, 0.4) is 0 Å². The Balaban J connectivity index is 2.57. The van der Waals surface area contributed by atoms with Gasteiger partial charge in [0.05, 0.1) is 7.11 Å². The van der Waals surface area contributed by atoms with E-state index in [0.29, 0.717) is 13.1 Å². The second kappa shape index (κ2) is 6.58. The number of hydrogen-bond acceptors (Lipinski definition) is 2. The first-order chi connectivity index (χ1) is 8.17. The van der Waals surface area contributed by atoms with Gasteiger partial charge < -0.3 is 15.0 Å². The van der Waals surface area contributed by atoms with Crippen LogP contribution in [0.15, 0.2) is 36.9 Å². The van der Waals surface area contributed by atoms with Crippen LogP contribution in [0.5, 0.6) is 5.75 Å². The van der Waals surface area contributed by atoms with Gasteiger partial charge >= 0.3 is 6.03 Å². The smallest absolute Gasteiger partial charge is 0.317 e. The van der Waals surface area contributed by atoms with E-state index < -0.39 is 0 Å². The Labute approximate surface area is 102 Å². The summed E-state index contributed by atoms with van der Waals surface area (Å²) in [6.45, 7) is 4.56. The SMILES string of the molecule is C=CCNC(=O)N(C)Cc1cccc(OC)c1. The van der Waals surface area contributed by atoms with Gasteiger partial charge in [-0.25, -0.2) is 4.79 Å². The summed E-state index contributed by atoms with van der Waals surface area (Å²) < 4.78 is 5.13. The van der Waals surface area contributed by atoms with Crippen molar-refractivity contribution in [3.05, 3.63) is 42.5 Å². The van der Waals surface area contributed by atoms with E-state index in [-0.39, 0.29) is 6.03 Å². The fourth-order valence-corrected chi connectivity index (χ4v) is 1.41. The number of nitrogens with one attached hydrogen (secondary N) is 1. The maximum Gasteiger partial charge on any atom is 0.317 e. The third-order valence-electron chi connectivity index (χ3n) is 2.30. The topological polar surface area (TPSA) is 41.6 Å². The second-order valence-electron chi connectivity index (χ2n) is 3.68. The molecule has 4 heteroatoms. The molecule has 92 valence electrons. The molecule has 1 aromatic rings. The van der Waals surface area contributed by atoms with Gasteiger partial charge in [-0.2, -0.15) is 0 Å². The highest BCUT2D eigenvalue weighted by atomic mass is 16.5. The lowest BCUT2D eigenvalue weighted by Gasteiger charge is -2.17. The molecule has 0 aliphatic carbocycles. The van der Waals surface area contributed by atoms with Gasteiger partial charge in [-0.15, -0.1) is 6.58 Å². The Morgan fingerprint density at radius 1 is 1.59 bits per heavy atom. The number of ether oxygens (including phenoxy) is 1. The van der Waals surface area contributed by atoms with E-state index in [4.69, 9.17) is 4.74 Å². The molecule has 4 nitrogen and oxygen atoms in total. The Morgan fingerprint density at radius 3 is 3.00 bits per heavy atom. The van der Waals surface area contributed by atoms with Crippen molar-refractivity contribution in [1.29, 1.82) is 0 Å². The van der Waals surface area contributed by atoms with E-state index in [1.54, 1.807) is 25.1 Å². The lowest BCUT2D eigenvalue weighted by molar-refractivity contribution is 0.208. The summed E-state index contributed by atoms with van der Waals surface area (Å²) >= 11 is 0. The molecule has 1 N–H and O–H groups in total. The van der Waals surface area contributed by atoms with Gasteiger partial charge in [-0.1, -0.05) is 18.2 Å². The highest BCUT2D eigenvalue weighted by molar-refractivity contribution is 5.73. The average molecular weight is 234 g/mol. The highest BCUT2D eigenvalue weighted by Crippen LogP contribution is 2.13. The largest absolute Gasteiger partial charge is 0.497 e. The molecule has 1 rings (SSSR count). The molecule has 2 amide bonds. The Kier molecular flexibility index (Phi) is 5.07. The predicted octanol–water partition coefficient (Wildman–Crippen LogP) is 2.02. The Hall–Kier alpha value is -1.97. The van der Waals surface area contributed by atoms with E-state index in [1.807, 2.05) is 24.3 Å². The average Bonchev–Trinajstić information content (AvgIpc) is 2.36. The van der Waals surface area contributed by atoms with Crippen LogP contribution >= 0.6 is 0 Å². The van der Waals surface area contributed by atoms with Crippen LogP contribution in [-0.4, -0.2) is 31.6 Å². The second-order valence-corrected chi connectivity index (χ2v) is 3.68. The molecule has 0 aromatic heterocycles. The lowest BCUT2D eigenvalue weighted by Crippen LogP contribution is -2.36. The zero-order chi connectivity index (χ0) is 12.7. The monoisotopic (exact) mass is 234 g/mol. The number of hydrogen-bond donors (Lipinski definition) is 1. The third-order valence-corrected chi connectivity index (χ3v) is 2.30. The van der Waals surface area contributed by atoms with E-state index in [2.05, 4.69) is 11.9 Å². The summed E-state index contributed by atoms with van der Waals surface area (Å²) in [5.41, 5.74) is 1.03. The van der Waals surface area contributed by atoms with Crippen molar-refractivity contribution in [3.8, 4) is 5.75 Å². The summed E-state index contributed by atoms with van der Waals surface area (Å²) in [5.74, 6) is 0.794. The molecule has 1 aromatic carbocycles. The molecule has 0 aliphatic heterocycles. The molecule has 0 aliphatic rings. The van der Waals surface area contributed by atoms with Crippen molar-refractivity contribution in [3.63, 3.8) is 0 Å². The van der Waals surface area contributed by atoms with Gasteiger partial charge in [0.25, 0.3) is 0 Å². The zero-order valence-corrected chi connectivity index (χ0v) is 10.3. The number of carbonyl (C=O) groups is 1. The molecule has 0 bridgehead atoms. The van der Waals surface area contributed by atoms with Gasteiger partial charge in [-0.3, -0.25) is 0 Å². The minimum atomic E-state index is -0.118.